The molecule has 10 nitrogen and oxygen atoms in total. The topological polar surface area (TPSA) is 149 Å². The van der Waals surface area contributed by atoms with Crippen molar-refractivity contribution in [2.24, 2.45) is 16.7 Å². The molecule has 0 atom stereocenters. The van der Waals surface area contributed by atoms with Crippen molar-refractivity contribution in [3.63, 3.8) is 0 Å². The van der Waals surface area contributed by atoms with E-state index < -0.39 is 24.3 Å². The lowest BCUT2D eigenvalue weighted by Gasteiger charge is -2.10. The van der Waals surface area contributed by atoms with Crippen LogP contribution in [-0.2, 0) is 17.5 Å². The van der Waals surface area contributed by atoms with E-state index in [0.29, 0.717) is 27.5 Å². The van der Waals surface area contributed by atoms with Crippen molar-refractivity contribution in [1.82, 2.24) is 25.1 Å². The summed E-state index contributed by atoms with van der Waals surface area (Å²) in [5.74, 6) is 4.21. The molecule has 31 heavy (non-hydrogen) atoms. The van der Waals surface area contributed by atoms with E-state index >= 15 is 0 Å². The summed E-state index contributed by atoms with van der Waals surface area (Å²) in [7, 11) is 0. The van der Waals surface area contributed by atoms with E-state index in [1.807, 2.05) is 0 Å². The van der Waals surface area contributed by atoms with Gasteiger partial charge in [0, 0.05) is 23.5 Å². The van der Waals surface area contributed by atoms with Gasteiger partial charge in [-0.2, -0.15) is 13.2 Å². The number of aliphatic carboxylic acids is 1. The number of hydrogen-bond acceptors (Lipinski definition) is 7. The average molecular weight is 434 g/mol. The van der Waals surface area contributed by atoms with Crippen LogP contribution in [0.15, 0.2) is 54.0 Å². The summed E-state index contributed by atoms with van der Waals surface area (Å²) in [6.07, 6.45) is 0.0195. The van der Waals surface area contributed by atoms with Crippen LogP contribution in [0.3, 0.4) is 0 Å². The minimum atomic E-state index is -4.43. The number of amidine groups is 1. The predicted octanol–water partition coefficient (Wildman–Crippen LogP) is 1.29. The first-order valence-electron chi connectivity index (χ1n) is 8.72. The highest BCUT2D eigenvalue weighted by molar-refractivity contribution is 5.97. The Bertz CT molecular complexity index is 1110. The Kier molecular flexibility index (Phi) is 6.15. The molecule has 0 aliphatic carbocycles. The first-order valence-corrected chi connectivity index (χ1v) is 8.72. The van der Waals surface area contributed by atoms with E-state index in [-0.39, 0.29) is 12.4 Å². The van der Waals surface area contributed by atoms with Gasteiger partial charge in [0.25, 0.3) is 0 Å². The van der Waals surface area contributed by atoms with Gasteiger partial charge >= 0.3 is 12.1 Å². The van der Waals surface area contributed by atoms with Crippen molar-refractivity contribution in [3.8, 4) is 11.3 Å². The molecule has 0 aliphatic heterocycles. The van der Waals surface area contributed by atoms with Gasteiger partial charge in [0.1, 0.15) is 5.69 Å². The molecular formula is C18H17F3N8O2. The van der Waals surface area contributed by atoms with Crippen LogP contribution >= 0.6 is 0 Å². The fraction of sp³-hybridized carbons (Fsp3) is 0.167. The molecule has 3 aromatic rings. The van der Waals surface area contributed by atoms with E-state index in [4.69, 9.17) is 16.7 Å². The number of halogens is 3. The third kappa shape index (κ3) is 5.76. The van der Waals surface area contributed by atoms with Crippen LogP contribution in [0.2, 0.25) is 0 Å². The molecule has 0 aliphatic rings. The molecule has 3 rings (SSSR count). The lowest BCUT2D eigenvalue weighted by molar-refractivity contribution is -0.139. The van der Waals surface area contributed by atoms with Gasteiger partial charge in [-0.05, 0) is 23.8 Å². The molecule has 0 spiro atoms. The zero-order valence-corrected chi connectivity index (χ0v) is 15.9. The number of benzene rings is 1. The number of alkyl halides is 3. The van der Waals surface area contributed by atoms with E-state index in [2.05, 4.69) is 20.4 Å². The van der Waals surface area contributed by atoms with E-state index in [1.54, 1.807) is 18.3 Å². The van der Waals surface area contributed by atoms with Gasteiger partial charge < -0.3 is 10.8 Å². The monoisotopic (exact) mass is 434 g/mol. The van der Waals surface area contributed by atoms with Crippen LogP contribution in [-0.4, -0.2) is 48.6 Å². The molecular weight excluding hydrogens is 417 g/mol. The van der Waals surface area contributed by atoms with Crippen LogP contribution in [0.5, 0.6) is 0 Å². The molecule has 5 N–H and O–H groups in total. The molecule has 2 heterocycles. The molecule has 1 aromatic carbocycles. The first-order chi connectivity index (χ1) is 14.6. The number of aromatic nitrogens is 4. The molecule has 0 radical (unpaired) electrons. The summed E-state index contributed by atoms with van der Waals surface area (Å²) < 4.78 is 40.0. The molecule has 0 saturated carbocycles. The van der Waals surface area contributed by atoms with Crippen LogP contribution in [0, 0.1) is 0 Å². The number of hydrazine groups is 1. The molecule has 0 saturated heterocycles. The van der Waals surface area contributed by atoms with Gasteiger partial charge in [-0.25, -0.2) is 15.6 Å². The first kappa shape index (κ1) is 21.7. The Morgan fingerprint density at radius 2 is 2.03 bits per heavy atom. The molecule has 0 bridgehead atoms. The molecule has 0 amide bonds. The fourth-order valence-electron chi connectivity index (χ4n) is 2.63. The minimum absolute atomic E-state index is 0.0607. The zero-order valence-electron chi connectivity index (χ0n) is 15.9. The number of hydrogen-bond donors (Lipinski definition) is 3. The van der Waals surface area contributed by atoms with Gasteiger partial charge in [0.15, 0.2) is 12.4 Å². The van der Waals surface area contributed by atoms with Crippen molar-refractivity contribution in [2.45, 2.75) is 12.7 Å². The third-order valence-electron chi connectivity index (χ3n) is 4.00. The second-order valence-corrected chi connectivity index (χ2v) is 6.44. The normalized spacial score (nSPS) is 12.1. The third-order valence-corrected chi connectivity index (χ3v) is 4.00. The lowest BCUT2D eigenvalue weighted by atomic mass is 10.1. The zero-order chi connectivity index (χ0) is 22.6. The molecule has 0 fully saturated rings. The Labute approximate surface area is 173 Å². The van der Waals surface area contributed by atoms with Crippen molar-refractivity contribution in [2.75, 3.05) is 6.54 Å². The Morgan fingerprint density at radius 1 is 1.26 bits per heavy atom. The molecule has 2 aromatic heterocycles. The number of pyridine rings is 1. The highest BCUT2D eigenvalue weighted by Crippen LogP contribution is 2.29. The number of hydrazone groups is 1. The number of nitrogens with two attached hydrogens (primary N) is 2. The number of rotatable bonds is 7. The Morgan fingerprint density at radius 3 is 2.74 bits per heavy atom. The second-order valence-electron chi connectivity index (χ2n) is 6.44. The largest absolute Gasteiger partial charge is 0.480 e. The van der Waals surface area contributed by atoms with Gasteiger partial charge in [0.2, 0.25) is 0 Å². The van der Waals surface area contributed by atoms with E-state index in [0.717, 1.165) is 12.1 Å². The van der Waals surface area contributed by atoms with Crippen LogP contribution in [0.4, 0.5) is 13.2 Å². The van der Waals surface area contributed by atoms with Gasteiger partial charge in [-0.3, -0.25) is 9.78 Å². The Hall–Kier alpha value is -4.00. The summed E-state index contributed by atoms with van der Waals surface area (Å²) in [5.41, 5.74) is 6.80. The van der Waals surface area contributed by atoms with Crippen LogP contribution < -0.4 is 11.6 Å². The maximum absolute atomic E-state index is 12.9. The smallest absolute Gasteiger partial charge is 0.416 e. The van der Waals surface area contributed by atoms with Crippen LogP contribution in [0.25, 0.3) is 11.3 Å². The maximum Gasteiger partial charge on any atom is 0.416 e. The van der Waals surface area contributed by atoms with E-state index in [9.17, 15) is 18.0 Å². The highest BCUT2D eigenvalue weighted by Gasteiger charge is 2.30. The van der Waals surface area contributed by atoms with Crippen molar-refractivity contribution >= 4 is 11.8 Å². The summed E-state index contributed by atoms with van der Waals surface area (Å²) in [5, 5.41) is 21.1. The molecule has 13 heteroatoms. The number of carboxylic acids is 1. The van der Waals surface area contributed by atoms with E-state index in [1.165, 1.54) is 23.1 Å². The quantitative estimate of drug-likeness (QED) is 0.218. The molecule has 0 unspecified atom stereocenters. The second kappa shape index (κ2) is 8.79. The summed E-state index contributed by atoms with van der Waals surface area (Å²) in [4.78, 5) is 14.7. The van der Waals surface area contributed by atoms with Gasteiger partial charge in [0.05, 0.1) is 18.3 Å². The average Bonchev–Trinajstić information content (AvgIpc) is 3.15. The predicted molar refractivity (Wildman–Crippen MR) is 103 cm³/mol. The maximum atomic E-state index is 12.9. The van der Waals surface area contributed by atoms with Gasteiger partial charge in [-0.15, -0.1) is 10.2 Å². The number of carboxylic acid groups (broad SMARTS) is 1. The summed E-state index contributed by atoms with van der Waals surface area (Å²) >= 11 is 0. The van der Waals surface area contributed by atoms with Crippen molar-refractivity contribution < 1.29 is 23.1 Å². The van der Waals surface area contributed by atoms with Crippen molar-refractivity contribution in [1.29, 1.82) is 0 Å². The summed E-state index contributed by atoms with van der Waals surface area (Å²) in [6.45, 7) is -0.456. The SMILES string of the molecule is N/C(=N\N(N)CC(=O)O)c1cncc(-c2cn(Cc3cccc(C(F)(F)F)c3)nn2)c1. The standard InChI is InChI=1S/C18H17F3N8O2/c19-18(20,21)14-3-1-2-11(4-14)8-28-9-15(25-27-28)12-5-13(7-24-6-12)17(22)26-29(23)10-16(30)31/h1-7,9H,8,10,23H2,(H2,22,26)(H,30,31). The lowest BCUT2D eigenvalue weighted by Crippen LogP contribution is -2.34. The Balaban J connectivity index is 1.78. The van der Waals surface area contributed by atoms with Crippen LogP contribution in [0.1, 0.15) is 16.7 Å². The minimum Gasteiger partial charge on any atom is -0.480 e. The molecule has 162 valence electrons. The van der Waals surface area contributed by atoms with Gasteiger partial charge in [-0.1, -0.05) is 17.3 Å². The van der Waals surface area contributed by atoms with Crippen molar-refractivity contribution in [3.05, 3.63) is 65.6 Å². The number of nitrogens with zero attached hydrogens (tertiary/aromatic N) is 6. The number of carbonyl (C=O) groups is 1. The summed E-state index contributed by atoms with van der Waals surface area (Å²) in [6, 6.07) is 6.54. The fourth-order valence-corrected chi connectivity index (χ4v) is 2.63. The highest BCUT2D eigenvalue weighted by atomic mass is 19.4.